The third-order valence-corrected chi connectivity index (χ3v) is 2.04. The maximum absolute atomic E-state index is 12.6. The molecule has 78 valence electrons. The number of thioether (sulfide) groups is 1. The molecule has 0 rings (SSSR count). The van der Waals surface area contributed by atoms with Crippen LogP contribution in [0.4, 0.5) is 17.6 Å². The lowest BCUT2D eigenvalue weighted by Gasteiger charge is -2.22. The van der Waals surface area contributed by atoms with Crippen LogP contribution >= 0.6 is 11.8 Å². The molecular formula is C6H8F4O2S. The van der Waals surface area contributed by atoms with E-state index in [9.17, 15) is 22.4 Å². The Labute approximate surface area is 76.6 Å². The molecule has 0 fully saturated rings. The highest BCUT2D eigenvalue weighted by Gasteiger charge is 2.63. The van der Waals surface area contributed by atoms with Gasteiger partial charge >= 0.3 is 17.1 Å². The van der Waals surface area contributed by atoms with Crippen LogP contribution in [0.15, 0.2) is 0 Å². The van der Waals surface area contributed by atoms with Crippen LogP contribution in [-0.4, -0.2) is 30.0 Å². The van der Waals surface area contributed by atoms with Crippen molar-refractivity contribution in [2.75, 3.05) is 12.9 Å². The number of esters is 1. The predicted octanol–water partition coefficient (Wildman–Crippen LogP) is 2.14. The van der Waals surface area contributed by atoms with Crippen LogP contribution in [0, 0.1) is 0 Å². The third-order valence-electron chi connectivity index (χ3n) is 1.13. The van der Waals surface area contributed by atoms with E-state index in [1.807, 2.05) is 0 Å². The predicted molar refractivity (Wildman–Crippen MR) is 40.0 cm³/mol. The maximum Gasteiger partial charge on any atom is 0.414 e. The van der Waals surface area contributed by atoms with Gasteiger partial charge in [-0.15, -0.1) is 0 Å². The largest absolute Gasteiger partial charge is 0.464 e. The first-order chi connectivity index (χ1) is 5.79. The van der Waals surface area contributed by atoms with Crippen LogP contribution in [0.3, 0.4) is 0 Å². The van der Waals surface area contributed by atoms with Crippen molar-refractivity contribution in [1.82, 2.24) is 0 Å². The standard InChI is InChI=1S/C6H8F4O2S/c1-3-13-6(9,10)5(7,8)4(11)12-2/h3H2,1-2H3. The molecule has 0 amide bonds. The Morgan fingerprint density at radius 1 is 1.38 bits per heavy atom. The second-order valence-corrected chi connectivity index (χ2v) is 3.39. The molecule has 13 heavy (non-hydrogen) atoms. The van der Waals surface area contributed by atoms with Gasteiger partial charge in [0.05, 0.1) is 7.11 Å². The zero-order valence-electron chi connectivity index (χ0n) is 6.94. The molecule has 2 nitrogen and oxygen atoms in total. The Hall–Kier alpha value is -0.460. The maximum atomic E-state index is 12.6. The van der Waals surface area contributed by atoms with Crippen molar-refractivity contribution < 1.29 is 27.1 Å². The number of carbonyl (C=O) groups excluding carboxylic acids is 1. The van der Waals surface area contributed by atoms with Gasteiger partial charge in [-0.1, -0.05) is 18.7 Å². The first-order valence-electron chi connectivity index (χ1n) is 3.27. The van der Waals surface area contributed by atoms with Crippen molar-refractivity contribution in [2.24, 2.45) is 0 Å². The Kier molecular flexibility index (Phi) is 4.02. The second kappa shape index (κ2) is 4.17. The number of carbonyl (C=O) groups is 1. The summed E-state index contributed by atoms with van der Waals surface area (Å²) in [4.78, 5) is 10.3. The van der Waals surface area contributed by atoms with Gasteiger partial charge in [-0.3, -0.25) is 0 Å². The molecule has 0 saturated carbocycles. The minimum atomic E-state index is -4.78. The van der Waals surface area contributed by atoms with Gasteiger partial charge in [-0.2, -0.15) is 17.6 Å². The molecule has 0 atom stereocenters. The molecule has 0 spiro atoms. The number of rotatable bonds is 4. The van der Waals surface area contributed by atoms with Gasteiger partial charge in [0.1, 0.15) is 0 Å². The molecule has 0 aliphatic heterocycles. The smallest absolute Gasteiger partial charge is 0.414 e. The van der Waals surface area contributed by atoms with Crippen LogP contribution in [0.1, 0.15) is 6.92 Å². The molecule has 0 N–H and O–H groups in total. The molecule has 0 aromatic rings. The van der Waals surface area contributed by atoms with E-state index < -0.39 is 17.1 Å². The summed E-state index contributed by atoms with van der Waals surface area (Å²) < 4.78 is 53.7. The molecule has 0 aromatic heterocycles. The summed E-state index contributed by atoms with van der Waals surface area (Å²) in [6.07, 6.45) is 0. The van der Waals surface area contributed by atoms with Gasteiger partial charge in [-0.25, -0.2) is 4.79 Å². The Morgan fingerprint density at radius 3 is 2.15 bits per heavy atom. The van der Waals surface area contributed by atoms with Gasteiger partial charge < -0.3 is 4.74 Å². The van der Waals surface area contributed by atoms with Gasteiger partial charge in [0, 0.05) is 0 Å². The highest BCUT2D eigenvalue weighted by Crippen LogP contribution is 2.43. The van der Waals surface area contributed by atoms with E-state index >= 15 is 0 Å². The summed E-state index contributed by atoms with van der Waals surface area (Å²) in [5, 5.41) is -4.42. The number of alkyl halides is 4. The number of hydrogen-bond donors (Lipinski definition) is 0. The van der Waals surface area contributed by atoms with E-state index in [0.29, 0.717) is 7.11 Å². The quantitative estimate of drug-likeness (QED) is 0.536. The lowest BCUT2D eigenvalue weighted by Crippen LogP contribution is -2.45. The average Bonchev–Trinajstić information content (AvgIpc) is 2.02. The molecule has 0 aliphatic rings. The Bertz CT molecular complexity index is 195. The van der Waals surface area contributed by atoms with Crippen molar-refractivity contribution in [3.8, 4) is 0 Å². The average molecular weight is 220 g/mol. The highest BCUT2D eigenvalue weighted by molar-refractivity contribution is 8.00. The Balaban J connectivity index is 4.69. The fourth-order valence-electron chi connectivity index (χ4n) is 0.519. The van der Waals surface area contributed by atoms with Crippen molar-refractivity contribution in [2.45, 2.75) is 18.1 Å². The second-order valence-electron chi connectivity index (χ2n) is 2.02. The molecule has 0 radical (unpaired) electrons. The lowest BCUT2D eigenvalue weighted by atomic mass is 10.3. The summed E-state index contributed by atoms with van der Waals surface area (Å²) in [6.45, 7) is 1.28. The van der Waals surface area contributed by atoms with Crippen molar-refractivity contribution in [3.63, 3.8) is 0 Å². The van der Waals surface area contributed by atoms with E-state index in [4.69, 9.17) is 0 Å². The molecule has 0 bridgehead atoms. The molecule has 7 heteroatoms. The number of methoxy groups -OCH3 is 1. The van der Waals surface area contributed by atoms with E-state index in [2.05, 4.69) is 4.74 Å². The normalized spacial score (nSPS) is 12.8. The summed E-state index contributed by atoms with van der Waals surface area (Å²) in [7, 11) is 0.628. The van der Waals surface area contributed by atoms with Crippen molar-refractivity contribution in [1.29, 1.82) is 0 Å². The highest BCUT2D eigenvalue weighted by atomic mass is 32.2. The summed E-state index contributed by atoms with van der Waals surface area (Å²) >= 11 is -0.300. The molecule has 0 heterocycles. The fraction of sp³-hybridized carbons (Fsp3) is 0.833. The van der Waals surface area contributed by atoms with Crippen LogP contribution in [0.25, 0.3) is 0 Å². The minimum absolute atomic E-state index is 0.223. The molecule has 0 aromatic carbocycles. The van der Waals surface area contributed by atoms with Gasteiger partial charge in [-0.05, 0) is 5.75 Å². The lowest BCUT2D eigenvalue weighted by molar-refractivity contribution is -0.199. The zero-order valence-corrected chi connectivity index (χ0v) is 7.76. The SMILES string of the molecule is CCSC(F)(F)C(F)(F)C(=O)OC. The van der Waals surface area contributed by atoms with Crippen molar-refractivity contribution in [3.05, 3.63) is 0 Å². The van der Waals surface area contributed by atoms with E-state index in [1.165, 1.54) is 6.92 Å². The Morgan fingerprint density at radius 2 is 1.85 bits per heavy atom. The molecule has 0 aliphatic carbocycles. The fourth-order valence-corrected chi connectivity index (χ4v) is 1.15. The zero-order chi connectivity index (χ0) is 10.7. The van der Waals surface area contributed by atoms with Gasteiger partial charge in [0.25, 0.3) is 0 Å². The van der Waals surface area contributed by atoms with Gasteiger partial charge in [0.15, 0.2) is 0 Å². The van der Waals surface area contributed by atoms with E-state index in [1.54, 1.807) is 0 Å². The van der Waals surface area contributed by atoms with Crippen LogP contribution < -0.4 is 0 Å². The van der Waals surface area contributed by atoms with Crippen LogP contribution in [-0.2, 0) is 9.53 Å². The first-order valence-corrected chi connectivity index (χ1v) is 4.26. The topological polar surface area (TPSA) is 26.3 Å². The van der Waals surface area contributed by atoms with Crippen LogP contribution in [0.5, 0.6) is 0 Å². The molecule has 0 saturated heterocycles. The van der Waals surface area contributed by atoms with Crippen molar-refractivity contribution >= 4 is 17.7 Å². The number of halogens is 4. The summed E-state index contributed by atoms with van der Waals surface area (Å²) in [5.41, 5.74) is 0. The van der Waals surface area contributed by atoms with Crippen LogP contribution in [0.2, 0.25) is 0 Å². The van der Waals surface area contributed by atoms with Gasteiger partial charge in [0.2, 0.25) is 0 Å². The number of hydrogen-bond acceptors (Lipinski definition) is 3. The molecular weight excluding hydrogens is 212 g/mol. The monoisotopic (exact) mass is 220 g/mol. The van der Waals surface area contributed by atoms with E-state index in [-0.39, 0.29) is 17.5 Å². The summed E-state index contributed by atoms with van der Waals surface area (Å²) in [5.74, 6) is -7.22. The summed E-state index contributed by atoms with van der Waals surface area (Å²) in [6, 6.07) is 0. The number of ether oxygens (including phenoxy) is 1. The van der Waals surface area contributed by atoms with E-state index in [0.717, 1.165) is 0 Å². The minimum Gasteiger partial charge on any atom is -0.464 e. The third kappa shape index (κ3) is 2.49. The molecule has 0 unspecified atom stereocenters. The first kappa shape index (κ1) is 12.5.